The third kappa shape index (κ3) is 1.68. The molecule has 1 aliphatic heterocycles. The van der Waals surface area contributed by atoms with Crippen LogP contribution in [0.3, 0.4) is 0 Å². The van der Waals surface area contributed by atoms with Crippen molar-refractivity contribution in [1.29, 1.82) is 0 Å². The summed E-state index contributed by atoms with van der Waals surface area (Å²) in [4.78, 5) is 9.43. The highest BCUT2D eigenvalue weighted by atomic mass is 15.2. The molecule has 2 aliphatic rings. The monoisotopic (exact) mass is 276 g/mol. The fourth-order valence-corrected chi connectivity index (χ4v) is 3.34. The van der Waals surface area contributed by atoms with E-state index in [-0.39, 0.29) is 6.04 Å². The van der Waals surface area contributed by atoms with E-state index < -0.39 is 0 Å². The summed E-state index contributed by atoms with van der Waals surface area (Å²) < 4.78 is 2.36. The van der Waals surface area contributed by atoms with Gasteiger partial charge in [-0.05, 0) is 36.6 Å². The number of nitrogens with one attached hydrogen (secondary N) is 1. The van der Waals surface area contributed by atoms with E-state index in [1.807, 2.05) is 12.3 Å². The lowest BCUT2D eigenvalue weighted by Crippen LogP contribution is -2.13. The fraction of sp³-hybridized carbons (Fsp3) is 0.294. The van der Waals surface area contributed by atoms with Crippen LogP contribution < -0.4 is 5.32 Å². The van der Waals surface area contributed by atoms with Gasteiger partial charge in [0.15, 0.2) is 5.65 Å². The molecule has 1 N–H and O–H groups in total. The molecule has 0 amide bonds. The summed E-state index contributed by atoms with van der Waals surface area (Å²) in [6, 6.07) is 13.4. The summed E-state index contributed by atoms with van der Waals surface area (Å²) in [5, 5.41) is 3.62. The number of anilines is 1. The van der Waals surface area contributed by atoms with Crippen molar-refractivity contribution in [3.05, 3.63) is 54.0 Å². The molecule has 0 saturated heterocycles. The van der Waals surface area contributed by atoms with Gasteiger partial charge in [0.25, 0.3) is 0 Å². The lowest BCUT2D eigenvalue weighted by atomic mass is 10.1. The highest BCUT2D eigenvalue weighted by Crippen LogP contribution is 2.42. The number of rotatable bonds is 2. The third-order valence-corrected chi connectivity index (χ3v) is 4.47. The van der Waals surface area contributed by atoms with E-state index in [0.717, 1.165) is 23.4 Å². The van der Waals surface area contributed by atoms with Gasteiger partial charge in [0.1, 0.15) is 11.3 Å². The van der Waals surface area contributed by atoms with Gasteiger partial charge in [0.05, 0.1) is 6.04 Å². The molecule has 0 spiro atoms. The zero-order valence-corrected chi connectivity index (χ0v) is 11.7. The second kappa shape index (κ2) is 4.07. The SMILES string of the molecule is c1ccc2c(c1)CC(c1nc3cccnc3n1C1CC1)N2. The first-order chi connectivity index (χ1) is 10.4. The molecule has 0 bridgehead atoms. The fourth-order valence-electron chi connectivity index (χ4n) is 3.34. The van der Waals surface area contributed by atoms with E-state index in [2.05, 4.69) is 45.2 Å². The van der Waals surface area contributed by atoms with Gasteiger partial charge in [-0.3, -0.25) is 0 Å². The smallest absolute Gasteiger partial charge is 0.160 e. The van der Waals surface area contributed by atoms with Crippen LogP contribution in [0.4, 0.5) is 5.69 Å². The van der Waals surface area contributed by atoms with Crippen LogP contribution in [0.5, 0.6) is 0 Å². The Morgan fingerprint density at radius 2 is 2.00 bits per heavy atom. The Hall–Kier alpha value is -2.36. The average molecular weight is 276 g/mol. The van der Waals surface area contributed by atoms with E-state index >= 15 is 0 Å². The maximum Gasteiger partial charge on any atom is 0.160 e. The first-order valence-electron chi connectivity index (χ1n) is 7.57. The van der Waals surface area contributed by atoms with Crippen LogP contribution in [0.15, 0.2) is 42.6 Å². The maximum atomic E-state index is 4.88. The largest absolute Gasteiger partial charge is 0.375 e. The number of nitrogens with zero attached hydrogens (tertiary/aromatic N) is 3. The number of fused-ring (bicyclic) bond motifs is 2. The van der Waals surface area contributed by atoms with Crippen LogP contribution in [0.25, 0.3) is 11.2 Å². The Bertz CT molecular complexity index is 807. The highest BCUT2D eigenvalue weighted by Gasteiger charge is 2.33. The van der Waals surface area contributed by atoms with Crippen molar-refractivity contribution in [2.24, 2.45) is 0 Å². The van der Waals surface area contributed by atoms with Crippen molar-refractivity contribution in [2.45, 2.75) is 31.3 Å². The van der Waals surface area contributed by atoms with Crippen LogP contribution in [-0.2, 0) is 6.42 Å². The molecule has 3 aromatic rings. The topological polar surface area (TPSA) is 42.7 Å². The van der Waals surface area contributed by atoms with Crippen molar-refractivity contribution in [1.82, 2.24) is 14.5 Å². The molecule has 21 heavy (non-hydrogen) atoms. The Labute approximate surface area is 122 Å². The molecule has 4 heteroatoms. The van der Waals surface area contributed by atoms with Crippen LogP contribution in [0, 0.1) is 0 Å². The van der Waals surface area contributed by atoms with Crippen LogP contribution in [-0.4, -0.2) is 14.5 Å². The van der Waals surface area contributed by atoms with Gasteiger partial charge >= 0.3 is 0 Å². The second-order valence-electron chi connectivity index (χ2n) is 5.98. The standard InChI is InChI=1S/C17H16N4/c1-2-5-13-11(4-1)10-15(19-13)17-20-14-6-3-9-18-16(14)21(17)12-7-8-12/h1-6,9,12,15,19H,7-8,10H2. The van der Waals surface area contributed by atoms with E-state index in [1.54, 1.807) is 0 Å². The van der Waals surface area contributed by atoms with E-state index in [4.69, 9.17) is 4.98 Å². The minimum absolute atomic E-state index is 0.261. The molecule has 5 rings (SSSR count). The summed E-state index contributed by atoms with van der Waals surface area (Å²) in [6.07, 6.45) is 5.36. The number of benzene rings is 1. The Morgan fingerprint density at radius 3 is 2.86 bits per heavy atom. The van der Waals surface area contributed by atoms with Crippen LogP contribution in [0.1, 0.15) is 36.3 Å². The summed E-state index contributed by atoms with van der Waals surface area (Å²) in [7, 11) is 0. The normalized spacial score (nSPS) is 20.5. The van der Waals surface area contributed by atoms with Crippen molar-refractivity contribution in [2.75, 3.05) is 5.32 Å². The minimum Gasteiger partial charge on any atom is -0.375 e. The average Bonchev–Trinajstić information content (AvgIpc) is 3.14. The molecule has 4 nitrogen and oxygen atoms in total. The molecule has 1 atom stereocenters. The molecule has 104 valence electrons. The summed E-state index contributed by atoms with van der Waals surface area (Å²) in [6.45, 7) is 0. The molecule has 1 aliphatic carbocycles. The van der Waals surface area contributed by atoms with Crippen molar-refractivity contribution in [3.8, 4) is 0 Å². The van der Waals surface area contributed by atoms with E-state index in [1.165, 1.54) is 24.1 Å². The van der Waals surface area contributed by atoms with Gasteiger partial charge < -0.3 is 9.88 Å². The molecule has 1 aromatic carbocycles. The lowest BCUT2D eigenvalue weighted by Gasteiger charge is -2.13. The van der Waals surface area contributed by atoms with Gasteiger partial charge in [-0.15, -0.1) is 0 Å². The Morgan fingerprint density at radius 1 is 1.10 bits per heavy atom. The molecule has 1 fully saturated rings. The first-order valence-corrected chi connectivity index (χ1v) is 7.57. The van der Waals surface area contributed by atoms with E-state index in [9.17, 15) is 0 Å². The molecular weight excluding hydrogens is 260 g/mol. The quantitative estimate of drug-likeness (QED) is 0.779. The molecule has 0 radical (unpaired) electrons. The first kappa shape index (κ1) is 11.3. The van der Waals surface area contributed by atoms with Crippen LogP contribution in [0.2, 0.25) is 0 Å². The van der Waals surface area contributed by atoms with E-state index in [0.29, 0.717) is 6.04 Å². The molecule has 2 aromatic heterocycles. The number of para-hydroxylation sites is 1. The maximum absolute atomic E-state index is 4.88. The lowest BCUT2D eigenvalue weighted by molar-refractivity contribution is 0.641. The summed E-state index contributed by atoms with van der Waals surface area (Å²) >= 11 is 0. The predicted molar refractivity (Wildman–Crippen MR) is 82.3 cm³/mol. The van der Waals surface area contributed by atoms with Gasteiger partial charge in [-0.2, -0.15) is 0 Å². The zero-order chi connectivity index (χ0) is 13.8. The third-order valence-electron chi connectivity index (χ3n) is 4.47. The van der Waals surface area contributed by atoms with Gasteiger partial charge in [0, 0.05) is 24.3 Å². The second-order valence-corrected chi connectivity index (χ2v) is 5.98. The van der Waals surface area contributed by atoms with Crippen molar-refractivity contribution in [3.63, 3.8) is 0 Å². The number of imidazole rings is 1. The number of aromatic nitrogens is 3. The zero-order valence-electron chi connectivity index (χ0n) is 11.7. The molecular formula is C17H16N4. The predicted octanol–water partition coefficient (Wildman–Crippen LogP) is 3.48. The summed E-state index contributed by atoms with van der Waals surface area (Å²) in [5.74, 6) is 1.14. The van der Waals surface area contributed by atoms with Gasteiger partial charge in [-0.25, -0.2) is 9.97 Å². The van der Waals surface area contributed by atoms with Gasteiger partial charge in [0.2, 0.25) is 0 Å². The minimum atomic E-state index is 0.261. The Balaban J connectivity index is 1.64. The van der Waals surface area contributed by atoms with Crippen molar-refractivity contribution >= 4 is 16.9 Å². The van der Waals surface area contributed by atoms with Gasteiger partial charge in [-0.1, -0.05) is 18.2 Å². The van der Waals surface area contributed by atoms with Crippen LogP contribution >= 0.6 is 0 Å². The number of hydrogen-bond donors (Lipinski definition) is 1. The number of pyridine rings is 1. The molecule has 3 heterocycles. The molecule has 1 saturated carbocycles. The highest BCUT2D eigenvalue weighted by molar-refractivity contribution is 5.72. The van der Waals surface area contributed by atoms with Crippen molar-refractivity contribution < 1.29 is 0 Å². The summed E-state index contributed by atoms with van der Waals surface area (Å²) in [5.41, 5.74) is 4.67. The Kier molecular flexibility index (Phi) is 2.19. The number of hydrogen-bond acceptors (Lipinski definition) is 3. The molecule has 1 unspecified atom stereocenters.